The first-order valence-corrected chi connectivity index (χ1v) is 6.55. The molecule has 6 nitrogen and oxygen atoms in total. The van der Waals surface area contributed by atoms with Gasteiger partial charge in [0.05, 0.1) is 4.92 Å². The second kappa shape index (κ2) is 5.56. The fourth-order valence-corrected chi connectivity index (χ4v) is 2.54. The summed E-state index contributed by atoms with van der Waals surface area (Å²) in [4.78, 5) is 13.4. The lowest BCUT2D eigenvalue weighted by Crippen LogP contribution is -2.56. The second-order valence-corrected chi connectivity index (χ2v) is 5.54. The molecule has 0 saturated carbocycles. The van der Waals surface area contributed by atoms with Crippen LogP contribution in [0.15, 0.2) is 23.2 Å². The van der Waals surface area contributed by atoms with E-state index in [0.717, 1.165) is 6.07 Å². The quantitative estimate of drug-likeness (QED) is 0.514. The van der Waals surface area contributed by atoms with Crippen molar-refractivity contribution in [2.45, 2.75) is 30.7 Å². The van der Waals surface area contributed by atoms with Gasteiger partial charge in [-0.05, 0) is 13.0 Å². The molecule has 1 aliphatic rings. The van der Waals surface area contributed by atoms with Crippen LogP contribution in [-0.2, 0) is 10.3 Å². The molecule has 1 aromatic carbocycles. The topological polar surface area (TPSA) is 90.8 Å². The van der Waals surface area contributed by atoms with Crippen molar-refractivity contribution in [1.82, 2.24) is 0 Å². The Morgan fingerprint density at radius 1 is 1.46 bits per heavy atom. The van der Waals surface area contributed by atoms with Crippen molar-refractivity contribution in [2.24, 2.45) is 10.7 Å². The van der Waals surface area contributed by atoms with E-state index in [2.05, 4.69) is 9.73 Å². The maximum Gasteiger partial charge on any atom is 0.428 e. The van der Waals surface area contributed by atoms with E-state index in [1.54, 1.807) is 0 Å². The first kappa shape index (κ1) is 17.9. The molecule has 0 radical (unpaired) electrons. The van der Waals surface area contributed by atoms with E-state index in [4.69, 9.17) is 5.73 Å². The molecule has 1 aromatic rings. The number of hydrogen-bond acceptors (Lipinski definition) is 5. The highest BCUT2D eigenvalue weighted by Crippen LogP contribution is 2.47. The zero-order valence-electron chi connectivity index (χ0n) is 12.2. The van der Waals surface area contributed by atoms with Gasteiger partial charge >= 0.3 is 6.18 Å². The van der Waals surface area contributed by atoms with Gasteiger partial charge in [-0.2, -0.15) is 13.2 Å². The lowest BCUT2D eigenvalue weighted by atomic mass is 9.79. The maximum absolute atomic E-state index is 14.1. The van der Waals surface area contributed by atoms with Crippen molar-refractivity contribution in [2.75, 3.05) is 6.67 Å². The standard InChI is InChI=1S/C13H12F5N3O3/c1-11(13(16,17)18)5-12(6-14,20-10(19)24-11)8-4-7(21(22)23)2-3-9(8)15/h2-4H,5-6H2,1H3,(H2,19,20)/t11-,12+/m0/s1. The largest absolute Gasteiger partial charge is 0.449 e. The summed E-state index contributed by atoms with van der Waals surface area (Å²) in [5.74, 6) is -1.14. The summed E-state index contributed by atoms with van der Waals surface area (Å²) in [6.07, 6.45) is -6.08. The summed E-state index contributed by atoms with van der Waals surface area (Å²) in [5, 5.41) is 10.8. The fraction of sp³-hybridized carbons (Fsp3) is 0.462. The Morgan fingerprint density at radius 2 is 2.08 bits per heavy atom. The van der Waals surface area contributed by atoms with Gasteiger partial charge < -0.3 is 10.5 Å². The number of ether oxygens (including phenoxy) is 1. The Kier molecular flexibility index (Phi) is 4.15. The molecule has 11 heteroatoms. The minimum Gasteiger partial charge on any atom is -0.449 e. The van der Waals surface area contributed by atoms with Gasteiger partial charge in [-0.3, -0.25) is 10.1 Å². The van der Waals surface area contributed by atoms with Crippen LogP contribution in [0.5, 0.6) is 0 Å². The first-order valence-electron chi connectivity index (χ1n) is 6.55. The smallest absolute Gasteiger partial charge is 0.428 e. The number of amidine groups is 1. The Bertz CT molecular complexity index is 709. The molecule has 132 valence electrons. The average Bonchev–Trinajstić information content (AvgIpc) is 2.45. The third-order valence-electron chi connectivity index (χ3n) is 3.77. The molecule has 0 unspecified atom stereocenters. The van der Waals surface area contributed by atoms with E-state index in [9.17, 15) is 32.1 Å². The molecule has 0 saturated heterocycles. The number of halogens is 5. The first-order chi connectivity index (χ1) is 10.9. The molecule has 0 bridgehead atoms. The number of benzene rings is 1. The summed E-state index contributed by atoms with van der Waals surface area (Å²) in [6.45, 7) is -0.935. The maximum atomic E-state index is 14.1. The van der Waals surface area contributed by atoms with Crippen LogP contribution in [0.4, 0.5) is 27.6 Å². The molecule has 2 N–H and O–H groups in total. The van der Waals surface area contributed by atoms with Crippen molar-refractivity contribution < 1.29 is 31.6 Å². The molecule has 0 fully saturated rings. The van der Waals surface area contributed by atoms with Crippen molar-refractivity contribution in [1.29, 1.82) is 0 Å². The van der Waals surface area contributed by atoms with E-state index < -0.39 is 58.4 Å². The van der Waals surface area contributed by atoms with Crippen molar-refractivity contribution in [3.8, 4) is 0 Å². The molecular weight excluding hydrogens is 341 g/mol. The summed E-state index contributed by atoms with van der Waals surface area (Å²) >= 11 is 0. The molecule has 0 aliphatic carbocycles. The Morgan fingerprint density at radius 3 is 2.58 bits per heavy atom. The summed E-state index contributed by atoms with van der Waals surface area (Å²) in [5.41, 5.74) is -1.38. The monoisotopic (exact) mass is 353 g/mol. The number of nitro benzene ring substituents is 1. The van der Waals surface area contributed by atoms with E-state index in [1.165, 1.54) is 0 Å². The molecule has 1 heterocycles. The lowest BCUT2D eigenvalue weighted by Gasteiger charge is -2.42. The van der Waals surface area contributed by atoms with Gasteiger partial charge in [-0.15, -0.1) is 0 Å². The van der Waals surface area contributed by atoms with E-state index >= 15 is 0 Å². The number of hydrogen-bond donors (Lipinski definition) is 1. The number of rotatable bonds is 3. The molecule has 0 aromatic heterocycles. The molecule has 0 amide bonds. The highest BCUT2D eigenvalue weighted by Gasteiger charge is 2.61. The van der Waals surface area contributed by atoms with E-state index in [1.807, 2.05) is 0 Å². The van der Waals surface area contributed by atoms with Crippen LogP contribution in [0.2, 0.25) is 0 Å². The van der Waals surface area contributed by atoms with Gasteiger partial charge in [0.2, 0.25) is 5.60 Å². The Labute approximate surface area is 132 Å². The molecule has 1 aliphatic heterocycles. The van der Waals surface area contributed by atoms with Gasteiger partial charge in [0.1, 0.15) is 18.0 Å². The van der Waals surface area contributed by atoms with Crippen LogP contribution in [-0.4, -0.2) is 29.4 Å². The minimum atomic E-state index is -4.95. The summed E-state index contributed by atoms with van der Waals surface area (Å²) in [6, 6.07) is 1.13. The van der Waals surface area contributed by atoms with Gasteiger partial charge in [0.25, 0.3) is 11.7 Å². The third-order valence-corrected chi connectivity index (χ3v) is 3.77. The zero-order valence-corrected chi connectivity index (χ0v) is 12.2. The molecule has 2 atom stereocenters. The Hall–Kier alpha value is -2.46. The average molecular weight is 353 g/mol. The van der Waals surface area contributed by atoms with Crippen molar-refractivity contribution in [3.05, 3.63) is 39.7 Å². The van der Waals surface area contributed by atoms with E-state index in [-0.39, 0.29) is 0 Å². The number of alkyl halides is 4. The van der Waals surface area contributed by atoms with Crippen LogP contribution < -0.4 is 5.73 Å². The number of nitrogens with zero attached hydrogens (tertiary/aromatic N) is 2. The molecule has 0 spiro atoms. The van der Waals surface area contributed by atoms with Crippen molar-refractivity contribution >= 4 is 11.7 Å². The Balaban J connectivity index is 2.66. The van der Waals surface area contributed by atoms with Gasteiger partial charge in [-0.25, -0.2) is 13.8 Å². The molecule has 2 rings (SSSR count). The highest BCUT2D eigenvalue weighted by atomic mass is 19.4. The lowest BCUT2D eigenvalue weighted by molar-refractivity contribution is -0.385. The second-order valence-electron chi connectivity index (χ2n) is 5.54. The van der Waals surface area contributed by atoms with Crippen LogP contribution in [0.25, 0.3) is 0 Å². The van der Waals surface area contributed by atoms with Crippen molar-refractivity contribution in [3.63, 3.8) is 0 Å². The predicted octanol–water partition coefficient (Wildman–Crippen LogP) is 2.95. The van der Waals surface area contributed by atoms with Crippen LogP contribution in [0, 0.1) is 15.9 Å². The number of nitrogens with two attached hydrogens (primary N) is 1. The predicted molar refractivity (Wildman–Crippen MR) is 72.5 cm³/mol. The highest BCUT2D eigenvalue weighted by molar-refractivity contribution is 5.74. The summed E-state index contributed by atoms with van der Waals surface area (Å²) < 4.78 is 72.1. The zero-order chi connectivity index (χ0) is 18.3. The van der Waals surface area contributed by atoms with Crippen LogP contribution in [0.3, 0.4) is 0 Å². The molecular formula is C13H12F5N3O3. The fourth-order valence-electron chi connectivity index (χ4n) is 2.54. The summed E-state index contributed by atoms with van der Waals surface area (Å²) in [7, 11) is 0. The minimum absolute atomic E-state index is 0.617. The van der Waals surface area contributed by atoms with Crippen LogP contribution >= 0.6 is 0 Å². The molecule has 24 heavy (non-hydrogen) atoms. The van der Waals surface area contributed by atoms with Crippen LogP contribution in [0.1, 0.15) is 18.9 Å². The van der Waals surface area contributed by atoms with Gasteiger partial charge in [0, 0.05) is 24.1 Å². The third kappa shape index (κ3) is 2.85. The number of non-ortho nitro benzene ring substituents is 1. The van der Waals surface area contributed by atoms with Gasteiger partial charge in [-0.1, -0.05) is 0 Å². The number of nitro groups is 1. The number of aliphatic imine (C=N–C) groups is 1. The van der Waals surface area contributed by atoms with Gasteiger partial charge in [0.15, 0.2) is 0 Å². The SMILES string of the molecule is C[C@@]1(C(F)(F)F)C[C@@](CF)(c2cc([N+](=O)[O-])ccc2F)N=C(N)O1. The van der Waals surface area contributed by atoms with E-state index in [0.29, 0.717) is 19.1 Å². The normalized spacial score (nSPS) is 27.3.